The maximum atomic E-state index is 11.1. The van der Waals surface area contributed by atoms with Gasteiger partial charge >= 0.3 is 0 Å². The minimum absolute atomic E-state index is 0.166. The van der Waals surface area contributed by atoms with Gasteiger partial charge in [-0.05, 0) is 65.7 Å². The summed E-state index contributed by atoms with van der Waals surface area (Å²) in [6.07, 6.45) is 2.05. The number of thiazole rings is 1. The monoisotopic (exact) mass is 565 g/mol. The number of ether oxygens (including phenoxy) is 2. The van der Waals surface area contributed by atoms with E-state index in [9.17, 15) is 5.11 Å². The zero-order valence-electron chi connectivity index (χ0n) is 23.8. The van der Waals surface area contributed by atoms with Crippen molar-refractivity contribution in [1.29, 1.82) is 0 Å². The molecule has 0 bridgehead atoms. The molecule has 2 aromatic carbocycles. The highest BCUT2D eigenvalue weighted by atomic mass is 32.1. The summed E-state index contributed by atoms with van der Waals surface area (Å²) in [5.41, 5.74) is 4.79. The first-order chi connectivity index (χ1) is 18.4. The topological polar surface area (TPSA) is 66.9 Å². The van der Waals surface area contributed by atoms with Gasteiger partial charge in [0.2, 0.25) is 6.79 Å². The molecule has 0 radical (unpaired) electrons. The van der Waals surface area contributed by atoms with Crippen molar-refractivity contribution in [3.8, 4) is 28.5 Å². The molecule has 3 heterocycles. The Morgan fingerprint density at radius 2 is 1.67 bits per heavy atom. The molecule has 3 aromatic rings. The number of hydrogen-bond acceptors (Lipinski definition) is 6. The average Bonchev–Trinajstić information content (AvgIpc) is 3.56. The molecule has 2 aliphatic rings. The standard InChI is InChI=1S/C31H39N3O3S2/c1-30(2,3)22-14-21(15-23(27(22)35)31(4,5)6)24-17-39-28(33-24)20-9-11-34(12-10-20)29(38)32-16-19-7-8-25-26(13-19)37-18-36-25/h7-8,13-15,17,20,35H,9-12,16,18H2,1-6H3,(H,32,38). The van der Waals surface area contributed by atoms with E-state index in [1.54, 1.807) is 11.3 Å². The summed E-state index contributed by atoms with van der Waals surface area (Å²) < 4.78 is 10.9. The van der Waals surface area contributed by atoms with Crippen LogP contribution in [-0.2, 0) is 17.4 Å². The first-order valence-corrected chi connectivity index (χ1v) is 14.9. The molecular weight excluding hydrogens is 526 g/mol. The van der Waals surface area contributed by atoms with E-state index >= 15 is 0 Å². The fourth-order valence-electron chi connectivity index (χ4n) is 5.20. The van der Waals surface area contributed by atoms with E-state index in [4.69, 9.17) is 26.7 Å². The molecule has 39 heavy (non-hydrogen) atoms. The molecule has 1 saturated heterocycles. The van der Waals surface area contributed by atoms with Crippen LogP contribution in [0.5, 0.6) is 17.2 Å². The van der Waals surface area contributed by atoms with Crippen molar-refractivity contribution in [2.45, 2.75) is 77.7 Å². The van der Waals surface area contributed by atoms with Crippen molar-refractivity contribution in [3.05, 3.63) is 57.4 Å². The molecule has 6 nitrogen and oxygen atoms in total. The second-order valence-corrected chi connectivity index (χ2v) is 13.9. The summed E-state index contributed by atoms with van der Waals surface area (Å²) in [6, 6.07) is 10.2. The molecule has 2 aliphatic heterocycles. The lowest BCUT2D eigenvalue weighted by atomic mass is 9.78. The Labute approximate surface area is 241 Å². The van der Waals surface area contributed by atoms with Crippen LogP contribution in [0.4, 0.5) is 0 Å². The van der Waals surface area contributed by atoms with E-state index < -0.39 is 0 Å². The Hall–Kier alpha value is -2.84. The zero-order chi connectivity index (χ0) is 27.9. The van der Waals surface area contributed by atoms with Crippen molar-refractivity contribution in [1.82, 2.24) is 15.2 Å². The van der Waals surface area contributed by atoms with Crippen LogP contribution in [0, 0.1) is 0 Å². The predicted octanol–water partition coefficient (Wildman–Crippen LogP) is 7.09. The van der Waals surface area contributed by atoms with Crippen LogP contribution in [0.15, 0.2) is 35.7 Å². The molecule has 208 valence electrons. The van der Waals surface area contributed by atoms with Crippen molar-refractivity contribution in [2.24, 2.45) is 0 Å². The van der Waals surface area contributed by atoms with E-state index in [-0.39, 0.29) is 17.6 Å². The van der Waals surface area contributed by atoms with Gasteiger partial charge in [-0.25, -0.2) is 4.98 Å². The molecule has 0 saturated carbocycles. The Kier molecular flexibility index (Phi) is 7.55. The molecule has 8 heteroatoms. The number of phenols is 1. The van der Waals surface area contributed by atoms with E-state index in [1.807, 2.05) is 18.2 Å². The third kappa shape index (κ3) is 6.02. The Morgan fingerprint density at radius 1 is 1.03 bits per heavy atom. The lowest BCUT2D eigenvalue weighted by Crippen LogP contribution is -2.43. The molecular formula is C31H39N3O3S2. The number of likely N-dealkylation sites (tertiary alicyclic amines) is 1. The van der Waals surface area contributed by atoms with Crippen LogP contribution in [0.25, 0.3) is 11.3 Å². The van der Waals surface area contributed by atoms with E-state index in [1.165, 1.54) is 5.01 Å². The van der Waals surface area contributed by atoms with Crippen LogP contribution in [-0.4, -0.2) is 40.0 Å². The molecule has 0 spiro atoms. The summed E-state index contributed by atoms with van der Waals surface area (Å²) in [5.74, 6) is 2.42. The number of phenolic OH excluding ortho intramolecular Hbond substituents is 1. The molecule has 1 fully saturated rings. The second kappa shape index (κ2) is 10.6. The van der Waals surface area contributed by atoms with E-state index in [2.05, 4.69) is 69.3 Å². The maximum absolute atomic E-state index is 11.1. The highest BCUT2D eigenvalue weighted by Crippen LogP contribution is 2.43. The first-order valence-electron chi connectivity index (χ1n) is 13.7. The fraction of sp³-hybridized carbons (Fsp3) is 0.484. The average molecular weight is 566 g/mol. The lowest BCUT2D eigenvalue weighted by Gasteiger charge is -2.33. The zero-order valence-corrected chi connectivity index (χ0v) is 25.4. The molecule has 0 atom stereocenters. The Bertz CT molecular complexity index is 1330. The van der Waals surface area contributed by atoms with Crippen LogP contribution in [0.1, 0.15) is 82.0 Å². The molecule has 5 rings (SSSR count). The SMILES string of the molecule is CC(C)(C)c1cc(-c2csc(C3CCN(C(=S)NCc4ccc5c(c4)OCO5)CC3)n2)cc(C(C)(C)C)c1O. The molecule has 1 aromatic heterocycles. The smallest absolute Gasteiger partial charge is 0.231 e. The lowest BCUT2D eigenvalue weighted by molar-refractivity contribution is 0.174. The number of fused-ring (bicyclic) bond motifs is 1. The number of piperidine rings is 1. The van der Waals surface area contributed by atoms with Gasteiger partial charge in [0, 0.05) is 47.6 Å². The fourth-order valence-corrected chi connectivity index (χ4v) is 6.46. The third-order valence-electron chi connectivity index (χ3n) is 7.56. The van der Waals surface area contributed by atoms with Crippen molar-refractivity contribution >= 4 is 28.7 Å². The molecule has 0 unspecified atom stereocenters. The second-order valence-electron chi connectivity index (χ2n) is 12.6. The van der Waals surface area contributed by atoms with E-state index in [0.717, 1.165) is 70.5 Å². The van der Waals surface area contributed by atoms with Crippen molar-refractivity contribution in [3.63, 3.8) is 0 Å². The van der Waals surface area contributed by atoms with Gasteiger partial charge in [0.1, 0.15) is 5.75 Å². The number of nitrogens with one attached hydrogen (secondary N) is 1. The van der Waals surface area contributed by atoms with Crippen LogP contribution >= 0.6 is 23.6 Å². The molecule has 2 N–H and O–H groups in total. The van der Waals surface area contributed by atoms with Crippen molar-refractivity contribution < 1.29 is 14.6 Å². The highest BCUT2D eigenvalue weighted by Gasteiger charge is 2.28. The number of hydrogen-bond donors (Lipinski definition) is 2. The minimum Gasteiger partial charge on any atom is -0.507 e. The number of aromatic hydroxyl groups is 1. The first kappa shape index (κ1) is 27.7. The summed E-state index contributed by atoms with van der Waals surface area (Å²) in [4.78, 5) is 7.36. The minimum atomic E-state index is -0.166. The number of rotatable bonds is 4. The largest absolute Gasteiger partial charge is 0.507 e. The van der Waals surface area contributed by atoms with Crippen LogP contribution < -0.4 is 14.8 Å². The number of benzene rings is 2. The Morgan fingerprint density at radius 3 is 2.31 bits per heavy atom. The summed E-state index contributed by atoms with van der Waals surface area (Å²) >= 11 is 7.46. The van der Waals surface area contributed by atoms with Gasteiger partial charge in [0.15, 0.2) is 16.6 Å². The number of aromatic nitrogens is 1. The normalized spacial score (nSPS) is 16.0. The number of nitrogens with zero attached hydrogens (tertiary/aromatic N) is 2. The summed E-state index contributed by atoms with van der Waals surface area (Å²) in [6.45, 7) is 15.6. The third-order valence-corrected chi connectivity index (χ3v) is 8.97. The van der Waals surface area contributed by atoms with E-state index in [0.29, 0.717) is 18.2 Å². The Balaban J connectivity index is 1.23. The van der Waals surface area contributed by atoms with Gasteiger partial charge in [-0.3, -0.25) is 0 Å². The van der Waals surface area contributed by atoms with Crippen LogP contribution in [0.2, 0.25) is 0 Å². The predicted molar refractivity (Wildman–Crippen MR) is 162 cm³/mol. The van der Waals surface area contributed by atoms with Gasteiger partial charge in [0.25, 0.3) is 0 Å². The van der Waals surface area contributed by atoms with Gasteiger partial charge < -0.3 is 24.8 Å². The quantitative estimate of drug-likeness (QED) is 0.327. The van der Waals surface area contributed by atoms with Gasteiger partial charge in [0.05, 0.1) is 10.7 Å². The van der Waals surface area contributed by atoms with Gasteiger partial charge in [-0.2, -0.15) is 0 Å². The molecule has 0 amide bonds. The summed E-state index contributed by atoms with van der Waals surface area (Å²) in [7, 11) is 0. The summed E-state index contributed by atoms with van der Waals surface area (Å²) in [5, 5.41) is 18.7. The van der Waals surface area contributed by atoms with Crippen molar-refractivity contribution in [2.75, 3.05) is 19.9 Å². The maximum Gasteiger partial charge on any atom is 0.231 e. The molecule has 0 aliphatic carbocycles. The highest BCUT2D eigenvalue weighted by molar-refractivity contribution is 7.80. The van der Waals surface area contributed by atoms with Gasteiger partial charge in [-0.1, -0.05) is 47.6 Å². The van der Waals surface area contributed by atoms with Crippen LogP contribution in [0.3, 0.4) is 0 Å². The van der Waals surface area contributed by atoms with Gasteiger partial charge in [-0.15, -0.1) is 11.3 Å². The number of thiocarbonyl (C=S) groups is 1.